The summed E-state index contributed by atoms with van der Waals surface area (Å²) in [6.45, 7) is 3.88. The summed E-state index contributed by atoms with van der Waals surface area (Å²) < 4.78 is 21.4. The van der Waals surface area contributed by atoms with Gasteiger partial charge in [0.25, 0.3) is 0 Å². The molecule has 0 aliphatic rings. The summed E-state index contributed by atoms with van der Waals surface area (Å²) in [6.07, 6.45) is -0.192. The highest BCUT2D eigenvalue weighted by Gasteiger charge is 2.17. The Balaban J connectivity index is 2.10. The van der Waals surface area contributed by atoms with Gasteiger partial charge in [0.2, 0.25) is 5.75 Å². The molecule has 0 radical (unpaired) electrons. The largest absolute Gasteiger partial charge is 0.493 e. The van der Waals surface area contributed by atoms with Gasteiger partial charge in [-0.05, 0) is 37.1 Å². The Morgan fingerprint density at radius 1 is 0.960 bits per heavy atom. The maximum atomic E-state index is 12.3. The van der Waals surface area contributed by atoms with Crippen LogP contribution in [0.3, 0.4) is 0 Å². The summed E-state index contributed by atoms with van der Waals surface area (Å²) in [7, 11) is 4.62. The average molecular weight is 344 g/mol. The summed E-state index contributed by atoms with van der Waals surface area (Å²) in [6, 6.07) is 11.4. The van der Waals surface area contributed by atoms with Crippen LogP contribution in [-0.2, 0) is 16.0 Å². The quantitative estimate of drug-likeness (QED) is 0.714. The highest BCUT2D eigenvalue weighted by atomic mass is 16.5. The van der Waals surface area contributed by atoms with E-state index in [0.29, 0.717) is 17.2 Å². The van der Waals surface area contributed by atoms with Crippen LogP contribution < -0.4 is 14.2 Å². The van der Waals surface area contributed by atoms with Crippen LogP contribution in [0.4, 0.5) is 0 Å². The highest BCUT2D eigenvalue weighted by molar-refractivity contribution is 5.74. The van der Waals surface area contributed by atoms with E-state index in [1.165, 1.54) is 12.7 Å². The third kappa shape index (κ3) is 4.66. The lowest BCUT2D eigenvalue weighted by Crippen LogP contribution is -2.12. The summed E-state index contributed by atoms with van der Waals surface area (Å²) in [5, 5.41) is 0. The zero-order chi connectivity index (χ0) is 18.4. The van der Waals surface area contributed by atoms with Crippen LogP contribution in [0, 0.1) is 6.92 Å². The van der Waals surface area contributed by atoms with Crippen LogP contribution in [0.15, 0.2) is 36.4 Å². The van der Waals surface area contributed by atoms with Crippen molar-refractivity contribution in [3.05, 3.63) is 53.1 Å². The van der Waals surface area contributed by atoms with Crippen LogP contribution in [0.5, 0.6) is 17.2 Å². The molecule has 25 heavy (non-hydrogen) atoms. The third-order valence-corrected chi connectivity index (χ3v) is 3.93. The van der Waals surface area contributed by atoms with E-state index >= 15 is 0 Å². The van der Waals surface area contributed by atoms with Crippen LogP contribution in [0.2, 0.25) is 0 Å². The molecule has 0 heterocycles. The number of hydrogen-bond acceptors (Lipinski definition) is 5. The summed E-state index contributed by atoms with van der Waals surface area (Å²) in [5.41, 5.74) is 2.86. The predicted molar refractivity (Wildman–Crippen MR) is 95.5 cm³/mol. The molecule has 5 heteroatoms. The monoisotopic (exact) mass is 344 g/mol. The van der Waals surface area contributed by atoms with E-state index in [-0.39, 0.29) is 18.5 Å². The van der Waals surface area contributed by atoms with Gasteiger partial charge >= 0.3 is 5.97 Å². The standard InChI is InChI=1S/C20H24O5/c1-13-6-8-16(9-7-13)14(2)25-19(21)12-15-10-17(22-3)20(24-5)18(11-15)23-4/h6-11,14H,12H2,1-5H3/t14-/m0/s1. The Morgan fingerprint density at radius 2 is 1.52 bits per heavy atom. The first-order valence-electron chi connectivity index (χ1n) is 8.03. The maximum absolute atomic E-state index is 12.3. The Morgan fingerprint density at radius 3 is 2.00 bits per heavy atom. The third-order valence-electron chi connectivity index (χ3n) is 3.93. The van der Waals surface area contributed by atoms with E-state index < -0.39 is 0 Å². The summed E-state index contributed by atoms with van der Waals surface area (Å²) in [5.74, 6) is 1.20. The molecule has 0 fully saturated rings. The lowest BCUT2D eigenvalue weighted by atomic mass is 10.1. The van der Waals surface area contributed by atoms with Gasteiger partial charge in [0.15, 0.2) is 11.5 Å². The van der Waals surface area contributed by atoms with E-state index in [4.69, 9.17) is 18.9 Å². The highest BCUT2D eigenvalue weighted by Crippen LogP contribution is 2.38. The number of hydrogen-bond donors (Lipinski definition) is 0. The smallest absolute Gasteiger partial charge is 0.310 e. The molecule has 0 bridgehead atoms. The van der Waals surface area contributed by atoms with Crippen molar-refractivity contribution in [3.63, 3.8) is 0 Å². The molecule has 0 aromatic heterocycles. The van der Waals surface area contributed by atoms with Crippen LogP contribution in [0.1, 0.15) is 29.7 Å². The average Bonchev–Trinajstić information content (AvgIpc) is 2.61. The molecule has 0 amide bonds. The van der Waals surface area contributed by atoms with Gasteiger partial charge < -0.3 is 18.9 Å². The fourth-order valence-corrected chi connectivity index (χ4v) is 2.55. The number of ether oxygens (including phenoxy) is 4. The van der Waals surface area contributed by atoms with Crippen molar-refractivity contribution in [3.8, 4) is 17.2 Å². The molecule has 134 valence electrons. The van der Waals surface area contributed by atoms with Gasteiger partial charge in [-0.25, -0.2) is 0 Å². The molecule has 0 aliphatic heterocycles. The van der Waals surface area contributed by atoms with Crippen LogP contribution in [0.25, 0.3) is 0 Å². The molecule has 2 rings (SSSR count). The fraction of sp³-hybridized carbons (Fsp3) is 0.350. The molecule has 0 saturated carbocycles. The Hall–Kier alpha value is -2.69. The minimum Gasteiger partial charge on any atom is -0.493 e. The zero-order valence-electron chi connectivity index (χ0n) is 15.3. The molecule has 0 N–H and O–H groups in total. The molecule has 2 aromatic carbocycles. The molecule has 2 aromatic rings. The Labute approximate surface area is 148 Å². The molecule has 1 atom stereocenters. The maximum Gasteiger partial charge on any atom is 0.310 e. The second-order valence-electron chi connectivity index (χ2n) is 5.75. The minimum absolute atomic E-state index is 0.118. The van der Waals surface area contributed by atoms with E-state index in [2.05, 4.69) is 0 Å². The molecule has 0 spiro atoms. The predicted octanol–water partition coefficient (Wildman–Crippen LogP) is 3.87. The number of rotatable bonds is 7. The first-order valence-corrected chi connectivity index (χ1v) is 8.03. The van der Waals surface area contributed by atoms with Crippen LogP contribution in [-0.4, -0.2) is 27.3 Å². The van der Waals surface area contributed by atoms with Crippen molar-refractivity contribution in [1.82, 2.24) is 0 Å². The van der Waals surface area contributed by atoms with Gasteiger partial charge in [0.05, 0.1) is 27.8 Å². The lowest BCUT2D eigenvalue weighted by molar-refractivity contribution is -0.147. The van der Waals surface area contributed by atoms with Crippen molar-refractivity contribution < 1.29 is 23.7 Å². The van der Waals surface area contributed by atoms with Gasteiger partial charge in [0, 0.05) is 0 Å². The van der Waals surface area contributed by atoms with Crippen molar-refractivity contribution in [2.75, 3.05) is 21.3 Å². The first-order chi connectivity index (χ1) is 12.0. The molecule has 0 aliphatic carbocycles. The van der Waals surface area contributed by atoms with Crippen molar-refractivity contribution in [1.29, 1.82) is 0 Å². The molecule has 0 saturated heterocycles. The van der Waals surface area contributed by atoms with Crippen LogP contribution >= 0.6 is 0 Å². The van der Waals surface area contributed by atoms with Crippen molar-refractivity contribution in [2.24, 2.45) is 0 Å². The van der Waals surface area contributed by atoms with Crippen molar-refractivity contribution in [2.45, 2.75) is 26.4 Å². The second-order valence-corrected chi connectivity index (χ2v) is 5.75. The van der Waals surface area contributed by atoms with Gasteiger partial charge in [-0.2, -0.15) is 0 Å². The van der Waals surface area contributed by atoms with E-state index in [1.807, 2.05) is 38.1 Å². The van der Waals surface area contributed by atoms with Gasteiger partial charge in [-0.3, -0.25) is 4.79 Å². The normalized spacial score (nSPS) is 11.6. The van der Waals surface area contributed by atoms with Crippen molar-refractivity contribution >= 4 is 5.97 Å². The fourth-order valence-electron chi connectivity index (χ4n) is 2.55. The second kappa shape index (κ2) is 8.42. The van der Waals surface area contributed by atoms with E-state index in [1.54, 1.807) is 26.4 Å². The molecular weight excluding hydrogens is 320 g/mol. The van der Waals surface area contributed by atoms with Gasteiger partial charge in [-0.15, -0.1) is 0 Å². The number of esters is 1. The number of carbonyl (C=O) groups excluding carboxylic acids is 1. The van der Waals surface area contributed by atoms with E-state index in [9.17, 15) is 4.79 Å². The van der Waals surface area contributed by atoms with Gasteiger partial charge in [0.1, 0.15) is 6.10 Å². The summed E-state index contributed by atoms with van der Waals surface area (Å²) >= 11 is 0. The number of aryl methyl sites for hydroxylation is 1. The minimum atomic E-state index is -0.317. The Kier molecular flexibility index (Phi) is 6.28. The molecule has 5 nitrogen and oxygen atoms in total. The molecule has 0 unspecified atom stereocenters. The number of carbonyl (C=O) groups is 1. The number of methoxy groups -OCH3 is 3. The first kappa shape index (κ1) is 18.6. The zero-order valence-corrected chi connectivity index (χ0v) is 15.3. The lowest BCUT2D eigenvalue weighted by Gasteiger charge is -2.16. The molecular formula is C20H24O5. The SMILES string of the molecule is COc1cc(CC(=O)O[C@@H](C)c2ccc(C)cc2)cc(OC)c1OC. The van der Waals surface area contributed by atoms with Gasteiger partial charge in [-0.1, -0.05) is 29.8 Å². The summed E-state index contributed by atoms with van der Waals surface area (Å²) in [4.78, 5) is 12.3. The Bertz CT molecular complexity index is 696. The topological polar surface area (TPSA) is 54.0 Å². The van der Waals surface area contributed by atoms with E-state index in [0.717, 1.165) is 11.1 Å². The number of benzene rings is 2.